The number of hydrogen-bond acceptors (Lipinski definition) is 3. The van der Waals surface area contributed by atoms with Gasteiger partial charge in [0.05, 0.1) is 24.0 Å². The van der Waals surface area contributed by atoms with E-state index in [0.717, 1.165) is 5.70 Å². The van der Waals surface area contributed by atoms with Crippen molar-refractivity contribution < 1.29 is 0 Å². The molecule has 2 aliphatic heterocycles. The third kappa shape index (κ3) is 0.733. The summed E-state index contributed by atoms with van der Waals surface area (Å²) >= 11 is 1.52. The van der Waals surface area contributed by atoms with E-state index < -0.39 is 0 Å². The van der Waals surface area contributed by atoms with Crippen molar-refractivity contribution in [1.82, 2.24) is 9.03 Å². The number of hydrogen-bond donors (Lipinski definition) is 1. The highest BCUT2D eigenvalue weighted by atomic mass is 32.2. The van der Waals surface area contributed by atoms with E-state index in [2.05, 4.69) is 10.9 Å². The van der Waals surface area contributed by atoms with Crippen LogP contribution in [0.5, 0.6) is 0 Å². The summed E-state index contributed by atoms with van der Waals surface area (Å²) in [6, 6.07) is 0. The maximum absolute atomic E-state index is 2.98. The van der Waals surface area contributed by atoms with Crippen LogP contribution >= 0.6 is 12.1 Å². The first-order valence-electron chi connectivity index (χ1n) is 2.66. The number of nitrogens with one attached hydrogen (secondary N) is 1. The molecule has 0 saturated heterocycles. The van der Waals surface area contributed by atoms with Gasteiger partial charge in [-0.1, -0.05) is 6.08 Å². The largest absolute Gasteiger partial charge is 0.308 e. The highest BCUT2D eigenvalue weighted by Crippen LogP contribution is 2.23. The molecule has 0 aromatic carbocycles. The molecular formula is C6H5N2S. The first kappa shape index (κ1) is 4.99. The quantitative estimate of drug-likeness (QED) is 0.505. The van der Waals surface area contributed by atoms with Crippen LogP contribution in [0.3, 0.4) is 0 Å². The van der Waals surface area contributed by atoms with Crippen molar-refractivity contribution in [2.75, 3.05) is 0 Å². The minimum absolute atomic E-state index is 1.09. The van der Waals surface area contributed by atoms with Crippen molar-refractivity contribution in [3.05, 3.63) is 36.3 Å². The average Bonchev–Trinajstić information content (AvgIpc) is 2.33. The van der Waals surface area contributed by atoms with Gasteiger partial charge >= 0.3 is 0 Å². The summed E-state index contributed by atoms with van der Waals surface area (Å²) < 4.78 is 4.93. The van der Waals surface area contributed by atoms with Gasteiger partial charge in [0.25, 0.3) is 0 Å². The average molecular weight is 137 g/mol. The summed E-state index contributed by atoms with van der Waals surface area (Å²) in [7, 11) is 0. The van der Waals surface area contributed by atoms with Gasteiger partial charge in [0.1, 0.15) is 0 Å². The van der Waals surface area contributed by atoms with Crippen LogP contribution in [0, 0.1) is 6.20 Å². The van der Waals surface area contributed by atoms with E-state index in [1.165, 1.54) is 12.1 Å². The Kier molecular flexibility index (Phi) is 1.02. The van der Waals surface area contributed by atoms with Crippen LogP contribution in [0.2, 0.25) is 0 Å². The Balaban J connectivity index is 2.33. The third-order valence-electron chi connectivity index (χ3n) is 1.15. The molecule has 2 rings (SSSR count). The van der Waals surface area contributed by atoms with E-state index in [-0.39, 0.29) is 0 Å². The van der Waals surface area contributed by atoms with Crippen molar-refractivity contribution >= 4 is 12.1 Å². The number of allylic oxidation sites excluding steroid dienone is 3. The number of fused-ring (bicyclic) bond motifs is 1. The fourth-order valence-electron chi connectivity index (χ4n) is 0.729. The second-order valence-electron chi connectivity index (χ2n) is 1.73. The topological polar surface area (TPSA) is 15.3 Å². The molecule has 1 radical (unpaired) electrons. The van der Waals surface area contributed by atoms with Crippen LogP contribution in [0.25, 0.3) is 0 Å². The Bertz CT molecular complexity index is 202. The third-order valence-corrected chi connectivity index (χ3v) is 1.86. The molecule has 0 saturated carbocycles. The summed E-state index contributed by atoms with van der Waals surface area (Å²) in [6.07, 6.45) is 11.0. The SMILES string of the molecule is [C]1=C2C=CC=CN2SN1. The molecular weight excluding hydrogens is 132 g/mol. The first-order chi connectivity index (χ1) is 4.47. The first-order valence-corrected chi connectivity index (χ1v) is 3.43. The van der Waals surface area contributed by atoms with Crippen LogP contribution in [0.1, 0.15) is 0 Å². The van der Waals surface area contributed by atoms with E-state index in [1.54, 1.807) is 0 Å². The van der Waals surface area contributed by atoms with Crippen molar-refractivity contribution in [1.29, 1.82) is 0 Å². The Morgan fingerprint density at radius 1 is 1.56 bits per heavy atom. The number of nitrogens with zero attached hydrogens (tertiary/aromatic N) is 1. The minimum Gasteiger partial charge on any atom is -0.308 e. The van der Waals surface area contributed by atoms with E-state index in [4.69, 9.17) is 0 Å². The zero-order chi connectivity index (χ0) is 6.10. The molecule has 0 amide bonds. The Hall–Kier alpha value is -0.830. The van der Waals surface area contributed by atoms with Gasteiger partial charge in [0, 0.05) is 6.20 Å². The van der Waals surface area contributed by atoms with Crippen LogP contribution < -0.4 is 4.72 Å². The van der Waals surface area contributed by atoms with Gasteiger partial charge in [-0.2, -0.15) is 0 Å². The van der Waals surface area contributed by atoms with Crippen LogP contribution in [-0.4, -0.2) is 4.31 Å². The molecule has 0 aromatic rings. The fourth-order valence-corrected chi connectivity index (χ4v) is 1.31. The van der Waals surface area contributed by atoms with E-state index in [1.807, 2.05) is 28.7 Å². The van der Waals surface area contributed by atoms with Crippen molar-refractivity contribution in [3.8, 4) is 0 Å². The van der Waals surface area contributed by atoms with Crippen molar-refractivity contribution in [3.63, 3.8) is 0 Å². The van der Waals surface area contributed by atoms with Crippen LogP contribution in [0.15, 0.2) is 30.1 Å². The molecule has 2 aliphatic rings. The normalized spacial score (nSPS) is 21.3. The van der Waals surface area contributed by atoms with Crippen molar-refractivity contribution in [2.24, 2.45) is 0 Å². The smallest absolute Gasteiger partial charge is 0.0970 e. The van der Waals surface area contributed by atoms with Crippen LogP contribution in [-0.2, 0) is 0 Å². The predicted molar refractivity (Wildman–Crippen MR) is 37.6 cm³/mol. The Morgan fingerprint density at radius 2 is 2.56 bits per heavy atom. The molecule has 0 aromatic heterocycles. The predicted octanol–water partition coefficient (Wildman–Crippen LogP) is 1.18. The Morgan fingerprint density at radius 3 is 3.44 bits per heavy atom. The van der Waals surface area contributed by atoms with E-state index in [9.17, 15) is 0 Å². The molecule has 45 valence electrons. The zero-order valence-corrected chi connectivity index (χ0v) is 5.48. The van der Waals surface area contributed by atoms with Gasteiger partial charge in [0.15, 0.2) is 0 Å². The molecule has 0 spiro atoms. The summed E-state index contributed by atoms with van der Waals surface area (Å²) in [5, 5.41) is 0. The summed E-state index contributed by atoms with van der Waals surface area (Å²) in [5.74, 6) is 0. The lowest BCUT2D eigenvalue weighted by Gasteiger charge is -2.12. The number of rotatable bonds is 0. The fraction of sp³-hybridized carbons (Fsp3) is 0. The lowest BCUT2D eigenvalue weighted by atomic mass is 10.3. The molecule has 0 unspecified atom stereocenters. The van der Waals surface area contributed by atoms with Gasteiger partial charge < -0.3 is 4.72 Å². The van der Waals surface area contributed by atoms with E-state index >= 15 is 0 Å². The maximum atomic E-state index is 2.98. The summed E-state index contributed by atoms with van der Waals surface area (Å²) in [5.41, 5.74) is 1.09. The van der Waals surface area contributed by atoms with Gasteiger partial charge in [-0.25, -0.2) is 0 Å². The molecule has 0 bridgehead atoms. The lowest BCUT2D eigenvalue weighted by molar-refractivity contribution is 0.804. The second-order valence-corrected chi connectivity index (χ2v) is 2.51. The van der Waals surface area contributed by atoms with Crippen LogP contribution in [0.4, 0.5) is 0 Å². The molecule has 0 atom stereocenters. The van der Waals surface area contributed by atoms with Crippen molar-refractivity contribution in [2.45, 2.75) is 0 Å². The highest BCUT2D eigenvalue weighted by molar-refractivity contribution is 7.95. The highest BCUT2D eigenvalue weighted by Gasteiger charge is 2.12. The summed E-state index contributed by atoms with van der Waals surface area (Å²) in [6.45, 7) is 0. The molecule has 2 heterocycles. The Labute approximate surface area is 58.2 Å². The maximum Gasteiger partial charge on any atom is 0.0970 e. The van der Waals surface area contributed by atoms with Gasteiger partial charge in [-0.05, 0) is 12.2 Å². The monoisotopic (exact) mass is 137 g/mol. The summed E-state index contributed by atoms with van der Waals surface area (Å²) in [4.78, 5) is 0. The molecule has 0 fully saturated rings. The minimum atomic E-state index is 1.09. The standard InChI is InChI=1S/C6H5N2S/c1-2-4-8-6(3-1)5-7-9-8/h1-4,7H. The molecule has 1 N–H and O–H groups in total. The van der Waals surface area contributed by atoms with Gasteiger partial charge in [0.2, 0.25) is 0 Å². The zero-order valence-electron chi connectivity index (χ0n) is 4.66. The van der Waals surface area contributed by atoms with Gasteiger partial charge in [-0.15, -0.1) is 0 Å². The molecule has 9 heavy (non-hydrogen) atoms. The van der Waals surface area contributed by atoms with E-state index in [0.29, 0.717) is 0 Å². The second kappa shape index (κ2) is 1.84. The molecule has 3 heteroatoms. The lowest BCUT2D eigenvalue weighted by Crippen LogP contribution is -2.03. The van der Waals surface area contributed by atoms with Gasteiger partial charge in [-0.3, -0.25) is 4.31 Å². The molecule has 0 aliphatic carbocycles. The molecule has 2 nitrogen and oxygen atoms in total.